The quantitative estimate of drug-likeness (QED) is 0.856. The van der Waals surface area contributed by atoms with Crippen LogP contribution < -0.4 is 19.7 Å². The van der Waals surface area contributed by atoms with Crippen molar-refractivity contribution in [3.8, 4) is 11.5 Å². The van der Waals surface area contributed by atoms with Crippen LogP contribution in [-0.4, -0.2) is 54.8 Å². The second-order valence-corrected chi connectivity index (χ2v) is 7.60. The van der Waals surface area contributed by atoms with Gasteiger partial charge in [0.1, 0.15) is 5.69 Å². The number of rotatable bonds is 5. The van der Waals surface area contributed by atoms with Crippen LogP contribution in [0.25, 0.3) is 0 Å². The molecular formula is C21H24N4O3. The first-order valence-electron chi connectivity index (χ1n) is 9.87. The van der Waals surface area contributed by atoms with Crippen molar-refractivity contribution in [3.63, 3.8) is 0 Å². The summed E-state index contributed by atoms with van der Waals surface area (Å²) in [5.41, 5.74) is 2.81. The predicted molar refractivity (Wildman–Crippen MR) is 105 cm³/mol. The molecule has 2 aliphatic heterocycles. The van der Waals surface area contributed by atoms with E-state index in [1.807, 2.05) is 18.2 Å². The molecule has 3 heterocycles. The molecule has 1 aliphatic carbocycles. The summed E-state index contributed by atoms with van der Waals surface area (Å²) in [4.78, 5) is 21.3. The molecule has 7 nitrogen and oxygen atoms in total. The van der Waals surface area contributed by atoms with Crippen molar-refractivity contribution in [2.75, 3.05) is 37.9 Å². The van der Waals surface area contributed by atoms with Gasteiger partial charge in [0.05, 0.1) is 0 Å². The van der Waals surface area contributed by atoms with E-state index in [-0.39, 0.29) is 5.91 Å². The molecule has 0 spiro atoms. The Balaban J connectivity index is 1.18. The van der Waals surface area contributed by atoms with Crippen molar-refractivity contribution in [1.29, 1.82) is 0 Å². The van der Waals surface area contributed by atoms with Gasteiger partial charge in [-0.2, -0.15) is 0 Å². The van der Waals surface area contributed by atoms with E-state index in [0.29, 0.717) is 18.5 Å². The minimum atomic E-state index is -0.0641. The number of anilines is 1. The van der Waals surface area contributed by atoms with Gasteiger partial charge < -0.3 is 19.7 Å². The monoisotopic (exact) mass is 380 g/mol. The van der Waals surface area contributed by atoms with Crippen LogP contribution in [0.5, 0.6) is 11.5 Å². The fraction of sp³-hybridized carbons (Fsp3) is 0.429. The Bertz CT molecular complexity index is 876. The number of nitrogens with one attached hydrogen (secondary N) is 1. The lowest BCUT2D eigenvalue weighted by Gasteiger charge is -2.36. The number of hydrogen-bond acceptors (Lipinski definition) is 6. The molecule has 0 atom stereocenters. The third-order valence-electron chi connectivity index (χ3n) is 5.47. The van der Waals surface area contributed by atoms with Gasteiger partial charge >= 0.3 is 0 Å². The lowest BCUT2D eigenvalue weighted by Crippen LogP contribution is -2.46. The maximum absolute atomic E-state index is 12.2. The highest BCUT2D eigenvalue weighted by molar-refractivity contribution is 5.93. The summed E-state index contributed by atoms with van der Waals surface area (Å²) in [7, 11) is 0. The zero-order valence-corrected chi connectivity index (χ0v) is 15.8. The van der Waals surface area contributed by atoms with Gasteiger partial charge in [0, 0.05) is 50.6 Å². The van der Waals surface area contributed by atoms with Crippen molar-refractivity contribution < 1.29 is 14.3 Å². The molecule has 1 amide bonds. The SMILES string of the molecule is O=C(NC1CC1)c1cc(N2CCN(Cc3ccc4c(c3)OCO4)CC2)ccn1. The largest absolute Gasteiger partial charge is 0.454 e. The molecule has 146 valence electrons. The number of aromatic nitrogens is 1. The standard InChI is InChI=1S/C21H24N4O3/c26-21(23-16-2-3-16)18-12-17(5-6-22-18)25-9-7-24(8-10-25)13-15-1-4-19-20(11-15)28-14-27-19/h1,4-6,11-12,16H,2-3,7-10,13-14H2,(H,23,26). The molecule has 3 aliphatic rings. The van der Waals surface area contributed by atoms with Gasteiger partial charge in [-0.1, -0.05) is 6.07 Å². The van der Waals surface area contributed by atoms with Gasteiger partial charge in [0.2, 0.25) is 6.79 Å². The van der Waals surface area contributed by atoms with Crippen molar-refractivity contribution in [3.05, 3.63) is 47.8 Å². The summed E-state index contributed by atoms with van der Waals surface area (Å²) in [5, 5.41) is 3.01. The number of piperazine rings is 1. The van der Waals surface area contributed by atoms with Crippen LogP contribution in [0.1, 0.15) is 28.9 Å². The van der Waals surface area contributed by atoms with Crippen molar-refractivity contribution in [1.82, 2.24) is 15.2 Å². The Morgan fingerprint density at radius 2 is 1.89 bits per heavy atom. The first kappa shape index (κ1) is 17.3. The number of amides is 1. The van der Waals surface area contributed by atoms with Crippen LogP contribution in [0.2, 0.25) is 0 Å². The maximum atomic E-state index is 12.2. The van der Waals surface area contributed by atoms with E-state index in [0.717, 1.165) is 62.8 Å². The van der Waals surface area contributed by atoms with Crippen molar-refractivity contribution in [2.24, 2.45) is 0 Å². The highest BCUT2D eigenvalue weighted by atomic mass is 16.7. The number of benzene rings is 1. The molecule has 28 heavy (non-hydrogen) atoms. The van der Waals surface area contributed by atoms with E-state index in [1.54, 1.807) is 6.20 Å². The Morgan fingerprint density at radius 1 is 1.07 bits per heavy atom. The first-order valence-corrected chi connectivity index (χ1v) is 9.87. The van der Waals surface area contributed by atoms with Crippen LogP contribution in [-0.2, 0) is 6.54 Å². The number of ether oxygens (including phenoxy) is 2. The molecular weight excluding hydrogens is 356 g/mol. The zero-order chi connectivity index (χ0) is 18.9. The zero-order valence-electron chi connectivity index (χ0n) is 15.8. The molecule has 1 aromatic heterocycles. The number of fused-ring (bicyclic) bond motifs is 1. The Kier molecular flexibility index (Phi) is 4.52. The van der Waals surface area contributed by atoms with E-state index in [2.05, 4.69) is 32.2 Å². The van der Waals surface area contributed by atoms with E-state index in [9.17, 15) is 4.79 Å². The number of carbonyl (C=O) groups excluding carboxylic acids is 1. The maximum Gasteiger partial charge on any atom is 0.270 e. The minimum Gasteiger partial charge on any atom is -0.454 e. The van der Waals surface area contributed by atoms with Crippen LogP contribution in [0.15, 0.2) is 36.5 Å². The summed E-state index contributed by atoms with van der Waals surface area (Å²) in [5.74, 6) is 1.60. The average Bonchev–Trinajstić information content (AvgIpc) is 3.42. The number of pyridine rings is 1. The summed E-state index contributed by atoms with van der Waals surface area (Å²) >= 11 is 0. The third kappa shape index (κ3) is 3.75. The van der Waals surface area contributed by atoms with E-state index in [1.165, 1.54) is 5.56 Å². The minimum absolute atomic E-state index is 0.0641. The van der Waals surface area contributed by atoms with Gasteiger partial charge in [-0.25, -0.2) is 0 Å². The van der Waals surface area contributed by atoms with Gasteiger partial charge in [-0.15, -0.1) is 0 Å². The molecule has 0 bridgehead atoms. The van der Waals surface area contributed by atoms with Gasteiger partial charge in [0.25, 0.3) is 5.91 Å². The average molecular weight is 380 g/mol. The van der Waals surface area contributed by atoms with Crippen LogP contribution in [0.3, 0.4) is 0 Å². The van der Waals surface area contributed by atoms with Gasteiger partial charge in [-0.05, 0) is 42.7 Å². The van der Waals surface area contributed by atoms with E-state index >= 15 is 0 Å². The number of hydrogen-bond donors (Lipinski definition) is 1. The molecule has 1 saturated carbocycles. The number of carbonyl (C=O) groups is 1. The highest BCUT2D eigenvalue weighted by Crippen LogP contribution is 2.33. The molecule has 2 aromatic rings. The summed E-state index contributed by atoms with van der Waals surface area (Å²) in [6.45, 7) is 5.01. The molecule has 1 N–H and O–H groups in total. The first-order chi connectivity index (χ1) is 13.7. The van der Waals surface area contributed by atoms with Crippen molar-refractivity contribution >= 4 is 11.6 Å². The smallest absolute Gasteiger partial charge is 0.270 e. The lowest BCUT2D eigenvalue weighted by molar-refractivity contribution is 0.0946. The Morgan fingerprint density at radius 3 is 2.71 bits per heavy atom. The molecule has 7 heteroatoms. The van der Waals surface area contributed by atoms with Crippen molar-refractivity contribution in [2.45, 2.75) is 25.4 Å². The molecule has 1 aromatic carbocycles. The van der Waals surface area contributed by atoms with E-state index < -0.39 is 0 Å². The van der Waals surface area contributed by atoms with E-state index in [4.69, 9.17) is 9.47 Å². The fourth-order valence-corrected chi connectivity index (χ4v) is 3.69. The third-order valence-corrected chi connectivity index (χ3v) is 5.47. The highest BCUT2D eigenvalue weighted by Gasteiger charge is 2.25. The second kappa shape index (κ2) is 7.31. The lowest BCUT2D eigenvalue weighted by atomic mass is 10.1. The second-order valence-electron chi connectivity index (χ2n) is 7.60. The van der Waals surface area contributed by atoms with Gasteiger partial charge in [-0.3, -0.25) is 14.7 Å². The summed E-state index contributed by atoms with van der Waals surface area (Å²) in [6.07, 6.45) is 3.89. The molecule has 2 fully saturated rings. The van der Waals surface area contributed by atoms with Crippen LogP contribution in [0.4, 0.5) is 5.69 Å². The summed E-state index contributed by atoms with van der Waals surface area (Å²) in [6, 6.07) is 10.4. The Labute approximate surface area is 164 Å². The molecule has 0 radical (unpaired) electrons. The van der Waals surface area contributed by atoms with Gasteiger partial charge in [0.15, 0.2) is 11.5 Å². The Hall–Kier alpha value is -2.80. The predicted octanol–water partition coefficient (Wildman–Crippen LogP) is 2.02. The van der Waals surface area contributed by atoms with Crippen LogP contribution >= 0.6 is 0 Å². The topological polar surface area (TPSA) is 66.9 Å². The molecule has 5 rings (SSSR count). The van der Waals surface area contributed by atoms with Crippen LogP contribution in [0, 0.1) is 0 Å². The normalized spacial score (nSPS) is 18.9. The molecule has 1 saturated heterocycles. The fourth-order valence-electron chi connectivity index (χ4n) is 3.69. The summed E-state index contributed by atoms with van der Waals surface area (Å²) < 4.78 is 10.9. The number of nitrogens with zero attached hydrogens (tertiary/aromatic N) is 3. The molecule has 0 unspecified atom stereocenters.